The molecule has 2 aromatic heterocycles. The fraction of sp³-hybridized carbons (Fsp3) is 0.400. The zero-order valence-electron chi connectivity index (χ0n) is 29.5. The maximum absolute atomic E-state index is 16.8. The molecule has 0 atom stereocenters. The van der Waals surface area contributed by atoms with Crippen LogP contribution in [0.15, 0.2) is 47.5 Å². The summed E-state index contributed by atoms with van der Waals surface area (Å²) in [6.45, 7) is 8.93. The second-order valence-electron chi connectivity index (χ2n) is 13.1. The monoisotopic (exact) mass is 779 g/mol. The fourth-order valence-corrected chi connectivity index (χ4v) is 8.55. The van der Waals surface area contributed by atoms with Crippen LogP contribution in [0.5, 0.6) is 5.75 Å². The first-order valence-electron chi connectivity index (χ1n) is 16.8. The summed E-state index contributed by atoms with van der Waals surface area (Å²) in [5.74, 6) is 0.0362. The Morgan fingerprint density at radius 3 is 2.45 bits per heavy atom. The number of fused-ring (bicyclic) bond motifs is 1. The van der Waals surface area contributed by atoms with Crippen molar-refractivity contribution in [2.45, 2.75) is 18.9 Å². The Labute approximate surface area is 306 Å². The summed E-state index contributed by atoms with van der Waals surface area (Å²) in [7, 11) is 2.51. The molecule has 16 heteroatoms. The molecule has 2 aliphatic rings. The van der Waals surface area contributed by atoms with E-state index >= 15 is 4.39 Å². The first-order chi connectivity index (χ1) is 24.5. The lowest BCUT2D eigenvalue weighted by molar-refractivity contribution is 0.0981. The second-order valence-corrected chi connectivity index (χ2v) is 17.1. The molecular weight excluding hydrogens is 736 g/mol. The average molecular weight is 781 g/mol. The number of anilines is 5. The number of piperidine rings is 1. The third-order valence-corrected chi connectivity index (χ3v) is 11.5. The number of piperazine rings is 1. The van der Waals surface area contributed by atoms with E-state index < -0.39 is 13.0 Å². The van der Waals surface area contributed by atoms with E-state index in [2.05, 4.69) is 68.6 Å². The number of rotatable bonds is 11. The molecule has 2 aliphatic heterocycles. The number of halogens is 2. The Hall–Kier alpha value is -4.17. The number of aromatic nitrogens is 4. The first-order valence-corrected chi connectivity index (χ1v) is 20.2. The molecule has 0 amide bonds. The minimum atomic E-state index is -2.82. The largest absolute Gasteiger partial charge is 0.492 e. The quantitative estimate of drug-likeness (QED) is 0.113. The van der Waals surface area contributed by atoms with E-state index in [-0.39, 0.29) is 11.7 Å². The average Bonchev–Trinajstić information content (AvgIpc) is 3.12. The SMILES string of the molecule is CN/C=C(\C=N)c1cc(Nc2ncc(Br)c(Nc3ccc4nccnc4c3P(C)(C)=O)n2)c(OC)c(F)c1N1CCC(N2CCN(C)CC2)CC1. The number of nitrogens with zero attached hydrogens (tertiary/aromatic N) is 7. The number of ether oxygens (including phenoxy) is 1. The molecule has 4 heterocycles. The maximum atomic E-state index is 16.8. The molecule has 4 N–H and O–H groups in total. The number of methoxy groups -OCH3 is 1. The van der Waals surface area contributed by atoms with Gasteiger partial charge in [-0.2, -0.15) is 4.98 Å². The zero-order valence-corrected chi connectivity index (χ0v) is 32.0. The van der Waals surface area contributed by atoms with E-state index in [0.29, 0.717) is 74.0 Å². The summed E-state index contributed by atoms with van der Waals surface area (Å²) in [5, 5.41) is 18.2. The van der Waals surface area contributed by atoms with Crippen molar-refractivity contribution >= 4 is 80.0 Å². The van der Waals surface area contributed by atoms with Crippen molar-refractivity contribution in [1.29, 1.82) is 5.41 Å². The predicted octanol–water partition coefficient (Wildman–Crippen LogP) is 5.49. The van der Waals surface area contributed by atoms with Crippen molar-refractivity contribution in [3.63, 3.8) is 0 Å². The highest BCUT2D eigenvalue weighted by atomic mass is 79.9. The molecule has 4 aromatic rings. The topological polar surface area (TPSA) is 148 Å². The molecule has 6 rings (SSSR count). The Morgan fingerprint density at radius 2 is 1.78 bits per heavy atom. The number of benzene rings is 2. The molecule has 0 aliphatic carbocycles. The molecule has 0 radical (unpaired) electrons. The molecule has 2 fully saturated rings. The zero-order chi connectivity index (χ0) is 36.3. The fourth-order valence-electron chi connectivity index (χ4n) is 6.87. The summed E-state index contributed by atoms with van der Waals surface area (Å²) >= 11 is 3.53. The van der Waals surface area contributed by atoms with Crippen LogP contribution in [0.25, 0.3) is 16.6 Å². The van der Waals surface area contributed by atoms with E-state index in [9.17, 15) is 4.57 Å². The van der Waals surface area contributed by atoms with Crippen LogP contribution in [-0.2, 0) is 4.57 Å². The summed E-state index contributed by atoms with van der Waals surface area (Å²) in [6, 6.07) is 5.85. The van der Waals surface area contributed by atoms with Crippen molar-refractivity contribution in [3.8, 4) is 5.75 Å². The third-order valence-electron chi connectivity index (χ3n) is 9.40. The lowest BCUT2D eigenvalue weighted by Gasteiger charge is -2.43. The summed E-state index contributed by atoms with van der Waals surface area (Å²) < 4.78 is 36.5. The van der Waals surface area contributed by atoms with Crippen molar-refractivity contribution in [1.82, 2.24) is 35.1 Å². The Bertz CT molecular complexity index is 1990. The van der Waals surface area contributed by atoms with Gasteiger partial charge >= 0.3 is 0 Å². The van der Waals surface area contributed by atoms with Crippen LogP contribution >= 0.6 is 23.1 Å². The normalized spacial score (nSPS) is 16.7. The van der Waals surface area contributed by atoms with Gasteiger partial charge in [-0.05, 0) is 67.3 Å². The third kappa shape index (κ3) is 7.86. The second kappa shape index (κ2) is 15.6. The minimum absolute atomic E-state index is 0.0121. The van der Waals surface area contributed by atoms with Gasteiger partial charge in [0, 0.05) is 94.5 Å². The first kappa shape index (κ1) is 36.6. The Kier molecular flexibility index (Phi) is 11.2. The Morgan fingerprint density at radius 1 is 1.06 bits per heavy atom. The minimum Gasteiger partial charge on any atom is -0.492 e. The summed E-state index contributed by atoms with van der Waals surface area (Å²) in [6.07, 6.45) is 9.48. The number of nitrogens with one attached hydrogen (secondary N) is 4. The maximum Gasteiger partial charge on any atom is 0.229 e. The smallest absolute Gasteiger partial charge is 0.229 e. The van der Waals surface area contributed by atoms with Crippen LogP contribution in [0.1, 0.15) is 18.4 Å². The highest BCUT2D eigenvalue weighted by Crippen LogP contribution is 2.44. The van der Waals surface area contributed by atoms with E-state index in [4.69, 9.17) is 15.1 Å². The van der Waals surface area contributed by atoms with Gasteiger partial charge in [0.15, 0.2) is 11.6 Å². The molecular formula is C35H44BrFN11O2P. The number of hydrogen-bond donors (Lipinski definition) is 4. The van der Waals surface area contributed by atoms with Gasteiger partial charge in [-0.25, -0.2) is 9.37 Å². The van der Waals surface area contributed by atoms with Crippen molar-refractivity contribution < 1.29 is 13.7 Å². The van der Waals surface area contributed by atoms with Crippen molar-refractivity contribution in [3.05, 3.63) is 58.8 Å². The molecule has 0 spiro atoms. The van der Waals surface area contributed by atoms with Crippen molar-refractivity contribution in [2.75, 3.05) is 89.3 Å². The van der Waals surface area contributed by atoms with Gasteiger partial charge in [0.2, 0.25) is 5.95 Å². The van der Waals surface area contributed by atoms with E-state index in [1.165, 1.54) is 13.3 Å². The lowest BCUT2D eigenvalue weighted by atomic mass is 9.97. The number of hydrogen-bond acceptors (Lipinski definition) is 13. The summed E-state index contributed by atoms with van der Waals surface area (Å²) in [4.78, 5) is 25.0. The Balaban J connectivity index is 1.33. The van der Waals surface area contributed by atoms with Crippen LogP contribution < -0.4 is 30.9 Å². The van der Waals surface area contributed by atoms with Gasteiger partial charge in [0.1, 0.15) is 18.5 Å². The van der Waals surface area contributed by atoms with Crippen LogP contribution in [-0.4, -0.2) is 116 Å². The van der Waals surface area contributed by atoms with Crippen LogP contribution in [0.2, 0.25) is 0 Å². The van der Waals surface area contributed by atoms with Gasteiger partial charge in [0.25, 0.3) is 0 Å². The summed E-state index contributed by atoms with van der Waals surface area (Å²) in [5.41, 5.74) is 3.49. The highest BCUT2D eigenvalue weighted by molar-refractivity contribution is 9.10. The van der Waals surface area contributed by atoms with Crippen LogP contribution in [0, 0.1) is 11.2 Å². The van der Waals surface area contributed by atoms with E-state index in [1.807, 2.05) is 6.07 Å². The van der Waals surface area contributed by atoms with Gasteiger partial charge in [-0.15, -0.1) is 0 Å². The van der Waals surface area contributed by atoms with E-state index in [0.717, 1.165) is 39.0 Å². The van der Waals surface area contributed by atoms with Gasteiger partial charge < -0.3 is 40.5 Å². The number of allylic oxidation sites excluding steroid dienone is 1. The predicted molar refractivity (Wildman–Crippen MR) is 208 cm³/mol. The molecule has 0 unspecified atom stereocenters. The van der Waals surface area contributed by atoms with Gasteiger partial charge in [-0.3, -0.25) is 14.9 Å². The lowest BCUT2D eigenvalue weighted by Crippen LogP contribution is -2.52. The van der Waals surface area contributed by atoms with E-state index in [1.54, 1.807) is 57.3 Å². The van der Waals surface area contributed by atoms with Crippen molar-refractivity contribution in [2.24, 2.45) is 0 Å². The molecule has 13 nitrogen and oxygen atoms in total. The highest BCUT2D eigenvalue weighted by Gasteiger charge is 2.31. The van der Waals surface area contributed by atoms with Crippen LogP contribution in [0.3, 0.4) is 0 Å². The van der Waals surface area contributed by atoms with Gasteiger partial charge in [0.05, 0.1) is 39.5 Å². The molecule has 2 saturated heterocycles. The molecule has 270 valence electrons. The van der Waals surface area contributed by atoms with Crippen LogP contribution in [0.4, 0.5) is 33.2 Å². The van der Waals surface area contributed by atoms with Gasteiger partial charge in [-0.1, -0.05) is 0 Å². The number of likely N-dealkylation sites (N-methyl/N-ethyl adjacent to an activating group) is 1. The molecule has 2 aromatic carbocycles. The standard InChI is InChI=1S/C35H44BrFN11O2P/c1-39-20-22(19-38)24-18-28(32(50-3)29(37)31(24)48-12-8-23(9-13-48)47-16-14-46(2)15-17-47)44-35-42-21-25(36)34(45-35)43-27-7-6-26-30(41-11-10-40-26)33(27)51(4,5)49/h6-7,10-11,18-21,23,38-39H,8-9,12-17H2,1-5H3,(H2,42,43,44,45)/b22-20+,38-19?. The molecule has 51 heavy (non-hydrogen) atoms. The molecule has 0 saturated carbocycles. The molecule has 0 bridgehead atoms.